The summed E-state index contributed by atoms with van der Waals surface area (Å²) >= 11 is 0. The van der Waals surface area contributed by atoms with Gasteiger partial charge in [0, 0.05) is 17.1 Å². The van der Waals surface area contributed by atoms with Gasteiger partial charge in [-0.15, -0.1) is 0 Å². The Bertz CT molecular complexity index is 777. The highest BCUT2D eigenvalue weighted by atomic mass is 19.4. The minimum absolute atomic E-state index is 0.0611. The Kier molecular flexibility index (Phi) is 2.70. The molecule has 0 aliphatic rings. The quantitative estimate of drug-likeness (QED) is 0.690. The van der Waals surface area contributed by atoms with Crippen molar-refractivity contribution in [1.82, 2.24) is 15.0 Å². The van der Waals surface area contributed by atoms with Crippen LogP contribution in [0.25, 0.3) is 22.3 Å². The minimum atomic E-state index is -4.51. The van der Waals surface area contributed by atoms with Crippen molar-refractivity contribution in [1.29, 1.82) is 0 Å². The molecule has 0 saturated carbocycles. The highest BCUT2D eigenvalue weighted by Crippen LogP contribution is 2.30. The molecule has 7 heteroatoms. The van der Waals surface area contributed by atoms with Crippen molar-refractivity contribution in [3.63, 3.8) is 0 Å². The van der Waals surface area contributed by atoms with Gasteiger partial charge in [0.2, 0.25) is 0 Å². The molecule has 0 amide bonds. The van der Waals surface area contributed by atoms with Gasteiger partial charge < -0.3 is 4.98 Å². The van der Waals surface area contributed by atoms with Crippen molar-refractivity contribution >= 4 is 11.0 Å². The second kappa shape index (κ2) is 4.29. The van der Waals surface area contributed by atoms with E-state index in [2.05, 4.69) is 15.0 Å². The fourth-order valence-electron chi connectivity index (χ4n) is 1.90. The molecule has 0 atom stereocenters. The van der Waals surface area contributed by atoms with Crippen LogP contribution in [0.2, 0.25) is 0 Å². The molecular formula is C13H7F4N3. The van der Waals surface area contributed by atoms with Gasteiger partial charge in [-0.2, -0.15) is 13.2 Å². The highest BCUT2D eigenvalue weighted by Gasteiger charge is 2.32. The number of H-pyrrole nitrogens is 1. The van der Waals surface area contributed by atoms with E-state index in [1.807, 2.05) is 0 Å². The fraction of sp³-hybridized carbons (Fsp3) is 0.0769. The molecular weight excluding hydrogens is 274 g/mol. The summed E-state index contributed by atoms with van der Waals surface area (Å²) in [5.41, 5.74) is -0.349. The van der Waals surface area contributed by atoms with Gasteiger partial charge in [-0.05, 0) is 24.3 Å². The number of nitrogens with zero attached hydrogens (tertiary/aromatic N) is 2. The van der Waals surface area contributed by atoms with E-state index in [4.69, 9.17) is 0 Å². The smallest absolute Gasteiger partial charge is 0.339 e. The van der Waals surface area contributed by atoms with E-state index in [-0.39, 0.29) is 11.2 Å². The summed E-state index contributed by atoms with van der Waals surface area (Å²) in [6.45, 7) is 0. The number of pyridine rings is 2. The zero-order valence-electron chi connectivity index (χ0n) is 9.87. The first-order valence-corrected chi connectivity index (χ1v) is 5.62. The molecule has 0 aliphatic heterocycles. The number of aromatic nitrogens is 3. The van der Waals surface area contributed by atoms with Crippen LogP contribution in [0.3, 0.4) is 0 Å². The zero-order valence-corrected chi connectivity index (χ0v) is 9.87. The van der Waals surface area contributed by atoms with Gasteiger partial charge in [-0.1, -0.05) is 0 Å². The van der Waals surface area contributed by atoms with Crippen LogP contribution in [-0.2, 0) is 6.18 Å². The molecule has 0 aliphatic carbocycles. The maximum absolute atomic E-state index is 13.6. The average Bonchev–Trinajstić information content (AvgIpc) is 2.80. The molecule has 0 fully saturated rings. The molecule has 3 rings (SSSR count). The number of alkyl halides is 3. The van der Waals surface area contributed by atoms with Crippen LogP contribution in [0, 0.1) is 5.82 Å². The van der Waals surface area contributed by atoms with E-state index in [0.717, 1.165) is 12.3 Å². The third-order valence-corrected chi connectivity index (χ3v) is 2.83. The van der Waals surface area contributed by atoms with E-state index >= 15 is 0 Å². The van der Waals surface area contributed by atoms with Gasteiger partial charge in [0.05, 0.1) is 11.9 Å². The second-order valence-electron chi connectivity index (χ2n) is 4.17. The summed E-state index contributed by atoms with van der Waals surface area (Å²) in [6, 6.07) is 5.17. The first-order valence-electron chi connectivity index (χ1n) is 5.62. The lowest BCUT2D eigenvalue weighted by Gasteiger charge is -2.04. The van der Waals surface area contributed by atoms with Crippen LogP contribution in [0.1, 0.15) is 5.69 Å². The Hall–Kier alpha value is -2.44. The molecule has 3 aromatic rings. The summed E-state index contributed by atoms with van der Waals surface area (Å²) in [7, 11) is 0. The average molecular weight is 281 g/mol. The van der Waals surface area contributed by atoms with Crippen LogP contribution in [0.15, 0.2) is 36.7 Å². The van der Waals surface area contributed by atoms with Gasteiger partial charge in [0.15, 0.2) is 5.82 Å². The van der Waals surface area contributed by atoms with Crippen molar-refractivity contribution < 1.29 is 17.6 Å². The first-order chi connectivity index (χ1) is 9.45. The lowest BCUT2D eigenvalue weighted by Crippen LogP contribution is -2.07. The molecule has 0 aromatic carbocycles. The number of hydrogen-bond donors (Lipinski definition) is 1. The van der Waals surface area contributed by atoms with E-state index in [9.17, 15) is 17.6 Å². The van der Waals surface area contributed by atoms with Gasteiger partial charge in [0.25, 0.3) is 0 Å². The van der Waals surface area contributed by atoms with Gasteiger partial charge in [-0.25, -0.2) is 9.37 Å². The van der Waals surface area contributed by atoms with Crippen molar-refractivity contribution in [2.24, 2.45) is 0 Å². The predicted molar refractivity (Wildman–Crippen MR) is 64.3 cm³/mol. The second-order valence-corrected chi connectivity index (χ2v) is 4.17. The monoisotopic (exact) mass is 281 g/mol. The largest absolute Gasteiger partial charge is 0.433 e. The van der Waals surface area contributed by atoms with Gasteiger partial charge >= 0.3 is 6.18 Å². The van der Waals surface area contributed by atoms with Crippen LogP contribution < -0.4 is 0 Å². The standard InChI is InChI=1S/C13H7F4N3/c14-9-6-18-4-3-8(9)10-5-7-1-2-11(13(15,16)17)20-12(7)19-10/h1-6H,(H,19,20). The number of fused-ring (bicyclic) bond motifs is 1. The Balaban J connectivity index is 2.14. The number of nitrogens with one attached hydrogen (secondary N) is 1. The third-order valence-electron chi connectivity index (χ3n) is 2.83. The van der Waals surface area contributed by atoms with Crippen molar-refractivity contribution in [3.05, 3.63) is 48.2 Å². The highest BCUT2D eigenvalue weighted by molar-refractivity contribution is 5.83. The van der Waals surface area contributed by atoms with Crippen LogP contribution in [-0.4, -0.2) is 15.0 Å². The maximum Gasteiger partial charge on any atom is 0.433 e. The zero-order chi connectivity index (χ0) is 14.3. The normalized spacial score (nSPS) is 12.0. The Morgan fingerprint density at radius 1 is 1.10 bits per heavy atom. The number of rotatable bonds is 1. The van der Waals surface area contributed by atoms with E-state index < -0.39 is 17.7 Å². The number of hydrogen-bond acceptors (Lipinski definition) is 2. The van der Waals surface area contributed by atoms with E-state index in [1.165, 1.54) is 18.3 Å². The molecule has 1 N–H and O–H groups in total. The first kappa shape index (κ1) is 12.6. The van der Waals surface area contributed by atoms with Crippen LogP contribution >= 0.6 is 0 Å². The molecule has 20 heavy (non-hydrogen) atoms. The Morgan fingerprint density at radius 3 is 2.60 bits per heavy atom. The molecule has 0 unspecified atom stereocenters. The van der Waals surface area contributed by atoms with Crippen molar-refractivity contribution in [2.45, 2.75) is 6.18 Å². The molecule has 102 valence electrons. The summed E-state index contributed by atoms with van der Waals surface area (Å²) in [5.74, 6) is -0.560. The molecule has 3 heterocycles. The molecule has 3 nitrogen and oxygen atoms in total. The SMILES string of the molecule is Fc1cnccc1-c1cc2ccc(C(F)(F)F)nc2[nH]1. The molecule has 0 bridgehead atoms. The third kappa shape index (κ3) is 2.11. The number of aromatic amines is 1. The van der Waals surface area contributed by atoms with Crippen molar-refractivity contribution in [2.75, 3.05) is 0 Å². The Labute approximate surface area is 110 Å². The van der Waals surface area contributed by atoms with Gasteiger partial charge in [-0.3, -0.25) is 4.98 Å². The molecule has 3 aromatic heterocycles. The van der Waals surface area contributed by atoms with Gasteiger partial charge in [0.1, 0.15) is 11.3 Å². The van der Waals surface area contributed by atoms with Crippen LogP contribution in [0.4, 0.5) is 17.6 Å². The van der Waals surface area contributed by atoms with E-state index in [0.29, 0.717) is 11.1 Å². The summed E-state index contributed by atoms with van der Waals surface area (Å²) in [5, 5.41) is 0.476. The summed E-state index contributed by atoms with van der Waals surface area (Å²) in [6.07, 6.45) is -2.07. The maximum atomic E-state index is 13.6. The topological polar surface area (TPSA) is 41.6 Å². The molecule has 0 spiro atoms. The fourth-order valence-corrected chi connectivity index (χ4v) is 1.90. The lowest BCUT2D eigenvalue weighted by atomic mass is 10.2. The Morgan fingerprint density at radius 2 is 1.90 bits per heavy atom. The molecule has 0 saturated heterocycles. The van der Waals surface area contributed by atoms with Crippen LogP contribution in [0.5, 0.6) is 0 Å². The molecule has 0 radical (unpaired) electrons. The predicted octanol–water partition coefficient (Wildman–Crippen LogP) is 3.78. The number of halogens is 4. The van der Waals surface area contributed by atoms with E-state index in [1.54, 1.807) is 6.07 Å². The minimum Gasteiger partial charge on any atom is -0.339 e. The summed E-state index contributed by atoms with van der Waals surface area (Å²) < 4.78 is 51.3. The summed E-state index contributed by atoms with van der Waals surface area (Å²) in [4.78, 5) is 9.81. The lowest BCUT2D eigenvalue weighted by molar-refractivity contribution is -0.141. The van der Waals surface area contributed by atoms with Crippen molar-refractivity contribution in [3.8, 4) is 11.3 Å².